The normalized spacial score (nSPS) is 13.1. The first-order valence-corrected chi connectivity index (χ1v) is 9.94. The minimum Gasteiger partial charge on any atom is -0.656 e. The molecule has 0 amide bonds. The largest absolute Gasteiger partial charge is 1.00 e. The Morgan fingerprint density at radius 1 is 1.15 bits per heavy atom. The number of hydrogen-bond acceptors (Lipinski definition) is 11. The van der Waals surface area contributed by atoms with E-state index in [1.54, 1.807) is 0 Å². The number of carbonyl (C=O) groups is 1. The van der Waals surface area contributed by atoms with Gasteiger partial charge in [0.15, 0.2) is 0 Å². The topological polar surface area (TPSA) is 201 Å². The Bertz CT molecular complexity index is 453. The van der Waals surface area contributed by atoms with Gasteiger partial charge < -0.3 is 29.3 Å². The Labute approximate surface area is 196 Å². The molecule has 1 atom stereocenters. The van der Waals surface area contributed by atoms with E-state index in [0.29, 0.717) is 0 Å². The molecule has 0 spiro atoms. The summed E-state index contributed by atoms with van der Waals surface area (Å²) in [5, 5.41) is 8.96. The number of carbonyl (C=O) groups excluding carboxylic acids is 1. The molecule has 3 N–H and O–H groups in total. The van der Waals surface area contributed by atoms with Gasteiger partial charge in [0.25, 0.3) is 7.94 Å². The first kappa shape index (κ1) is 31.8. The van der Waals surface area contributed by atoms with Crippen molar-refractivity contribution in [3.8, 4) is 0 Å². The minimum atomic E-state index is -5.23. The van der Waals surface area contributed by atoms with E-state index < -0.39 is 39.8 Å². The van der Waals surface area contributed by atoms with Crippen LogP contribution in [-0.2, 0) is 14.3 Å². The third kappa shape index (κ3) is 15.1. The molecule has 11 nitrogen and oxygen atoms in total. The first-order chi connectivity index (χ1) is 10.9. The van der Waals surface area contributed by atoms with Crippen LogP contribution in [0.1, 0.15) is 19.8 Å². The molecule has 26 heavy (non-hydrogen) atoms. The molecule has 0 rings (SSSR count). The molecule has 140 valence electrons. The van der Waals surface area contributed by atoms with Gasteiger partial charge in [0.2, 0.25) is 5.40 Å². The molecule has 0 aromatic rings. The van der Waals surface area contributed by atoms with Crippen molar-refractivity contribution in [2.24, 2.45) is 4.99 Å². The summed E-state index contributed by atoms with van der Waals surface area (Å²) in [5.41, 5.74) is 0.185. The van der Waals surface area contributed by atoms with E-state index >= 15 is 0 Å². The smallest absolute Gasteiger partial charge is 0.656 e. The maximum atomic E-state index is 11.2. The minimum absolute atomic E-state index is 0. The standard InChI is InChI=1S/C11H21NO10P2.2Na/c1-8(2)10(13)21-6-7-22-11(14)12-5-3-4-9(23(15,16)17)24(18,19)20;;/h9H,1,3-7H2,2H3,(H,12,14)(H2,15,16,17)(H2,18,19,20);;/q;2*+1/p-2. The summed E-state index contributed by atoms with van der Waals surface area (Å²) in [6.45, 7) is 4.09. The van der Waals surface area contributed by atoms with Crippen LogP contribution in [0.25, 0.3) is 0 Å². The predicted molar refractivity (Wildman–Crippen MR) is 77.5 cm³/mol. The van der Waals surface area contributed by atoms with Crippen molar-refractivity contribution < 1.29 is 108 Å². The van der Waals surface area contributed by atoms with Gasteiger partial charge in [0.05, 0.1) is 7.94 Å². The molecule has 0 saturated carbocycles. The summed E-state index contributed by atoms with van der Waals surface area (Å²) in [6, 6.07) is 0. The van der Waals surface area contributed by atoms with E-state index in [4.69, 9.17) is 14.7 Å². The Morgan fingerprint density at radius 2 is 1.65 bits per heavy atom. The number of ether oxygens (including phenoxy) is 2. The fourth-order valence-electron chi connectivity index (χ4n) is 1.40. The summed E-state index contributed by atoms with van der Waals surface area (Å²) in [6.07, 6.45) is -1.76. The SMILES string of the molecule is C=C(C)C(=O)OCCOC([O-])=NCCCC([P+]([O-])([O-])O)[P+]([O-])(O)O.[Na+].[Na+]. The van der Waals surface area contributed by atoms with Gasteiger partial charge in [-0.05, 0) is 13.3 Å². The molecular formula is C11H19NNa2O10P2. The first-order valence-electron chi connectivity index (χ1n) is 6.61. The Kier molecular flexibility index (Phi) is 18.3. The third-order valence-electron chi connectivity index (χ3n) is 2.52. The van der Waals surface area contributed by atoms with Gasteiger partial charge in [-0.3, -0.25) is 9.89 Å². The van der Waals surface area contributed by atoms with E-state index in [1.807, 2.05) is 0 Å². The van der Waals surface area contributed by atoms with Crippen LogP contribution >= 0.6 is 15.9 Å². The molecule has 0 bridgehead atoms. The zero-order chi connectivity index (χ0) is 19.0. The van der Waals surface area contributed by atoms with Crippen molar-refractivity contribution >= 4 is 27.9 Å². The molecule has 0 aliphatic heterocycles. The Hall–Kier alpha value is 1.10. The van der Waals surface area contributed by atoms with Crippen LogP contribution in [0.3, 0.4) is 0 Å². The average Bonchev–Trinajstić information content (AvgIpc) is 2.39. The quantitative estimate of drug-likeness (QED) is 0.0565. The summed E-state index contributed by atoms with van der Waals surface area (Å²) in [7, 11) is -10.3. The van der Waals surface area contributed by atoms with Gasteiger partial charge in [0.1, 0.15) is 12.7 Å². The van der Waals surface area contributed by atoms with Crippen LogP contribution in [-0.4, -0.2) is 51.9 Å². The van der Waals surface area contributed by atoms with E-state index in [9.17, 15) is 24.6 Å². The maximum absolute atomic E-state index is 11.2. The molecule has 0 aromatic carbocycles. The second-order valence-electron chi connectivity index (χ2n) is 4.69. The zero-order valence-corrected chi connectivity index (χ0v) is 20.6. The van der Waals surface area contributed by atoms with Gasteiger partial charge >= 0.3 is 65.1 Å². The number of esters is 1. The van der Waals surface area contributed by atoms with Crippen molar-refractivity contribution in [1.82, 2.24) is 0 Å². The fourth-order valence-corrected chi connectivity index (χ4v) is 3.95. The molecule has 0 saturated heterocycles. The molecule has 0 heterocycles. The molecular weight excluding hydrogens is 414 g/mol. The second-order valence-corrected chi connectivity index (χ2v) is 8.65. The van der Waals surface area contributed by atoms with Crippen LogP contribution in [0, 0.1) is 0 Å². The third-order valence-corrected chi connectivity index (χ3v) is 6.34. The van der Waals surface area contributed by atoms with Gasteiger partial charge in [0, 0.05) is 25.1 Å². The monoisotopic (exact) mass is 433 g/mol. The van der Waals surface area contributed by atoms with Crippen molar-refractivity contribution in [3.63, 3.8) is 0 Å². The van der Waals surface area contributed by atoms with Crippen LogP contribution in [0.2, 0.25) is 0 Å². The second kappa shape index (κ2) is 15.0. The Balaban J connectivity index is -0.00000264. The zero-order valence-electron chi connectivity index (χ0n) is 14.9. The average molecular weight is 433 g/mol. The molecule has 0 fully saturated rings. The summed E-state index contributed by atoms with van der Waals surface area (Å²) >= 11 is 0. The summed E-state index contributed by atoms with van der Waals surface area (Å²) in [4.78, 5) is 73.7. The Morgan fingerprint density at radius 3 is 2.08 bits per heavy atom. The van der Waals surface area contributed by atoms with Crippen LogP contribution in [0.15, 0.2) is 17.1 Å². The maximum Gasteiger partial charge on any atom is 1.00 e. The number of nitrogens with zero attached hydrogens (tertiary/aromatic N) is 1. The van der Waals surface area contributed by atoms with Crippen molar-refractivity contribution in [2.75, 3.05) is 19.8 Å². The van der Waals surface area contributed by atoms with Gasteiger partial charge in [-0.25, -0.2) is 14.6 Å². The van der Waals surface area contributed by atoms with E-state index in [1.165, 1.54) is 6.92 Å². The number of aliphatic imine (C=N–C) groups is 1. The van der Waals surface area contributed by atoms with Crippen molar-refractivity contribution in [1.29, 1.82) is 0 Å². The molecule has 1 unspecified atom stereocenters. The van der Waals surface area contributed by atoms with Crippen molar-refractivity contribution in [3.05, 3.63) is 12.2 Å². The number of rotatable bonds is 10. The summed E-state index contributed by atoms with van der Waals surface area (Å²) in [5.74, 6) is -0.641. The van der Waals surface area contributed by atoms with Crippen molar-refractivity contribution in [2.45, 2.75) is 25.2 Å². The van der Waals surface area contributed by atoms with Gasteiger partial charge in [-0.2, -0.15) is 0 Å². The van der Waals surface area contributed by atoms with E-state index in [-0.39, 0.29) is 90.9 Å². The van der Waals surface area contributed by atoms with E-state index in [0.717, 1.165) is 0 Å². The number of hydrogen-bond donors (Lipinski definition) is 3. The molecule has 0 aliphatic carbocycles. The molecule has 0 aromatic heterocycles. The molecule has 0 radical (unpaired) electrons. The van der Waals surface area contributed by atoms with Gasteiger partial charge in [-0.1, -0.05) is 6.58 Å². The van der Waals surface area contributed by atoms with Gasteiger partial charge in [-0.15, -0.1) is 0 Å². The fraction of sp³-hybridized carbons (Fsp3) is 0.636. The van der Waals surface area contributed by atoms with Crippen LogP contribution < -0.4 is 78.9 Å². The predicted octanol–water partition coefficient (Wildman–Crippen LogP) is -9.46. The molecule has 15 heteroatoms. The molecule has 0 aliphatic rings. The van der Waals surface area contributed by atoms with Crippen LogP contribution in [0.5, 0.6) is 0 Å². The van der Waals surface area contributed by atoms with E-state index in [2.05, 4.69) is 21.0 Å². The summed E-state index contributed by atoms with van der Waals surface area (Å²) < 4.78 is 9.23. The van der Waals surface area contributed by atoms with Crippen LogP contribution in [0.4, 0.5) is 0 Å².